The molecule has 0 aliphatic carbocycles. The maximum Gasteiger partial charge on any atom is 0.160 e. The van der Waals surface area contributed by atoms with Crippen LogP contribution < -0.4 is 4.74 Å². The van der Waals surface area contributed by atoms with Crippen molar-refractivity contribution >= 4 is 11.0 Å². The molecule has 0 spiro atoms. The summed E-state index contributed by atoms with van der Waals surface area (Å²) in [5.74, 6) is 1.31. The molecule has 0 atom stereocenters. The van der Waals surface area contributed by atoms with Crippen molar-refractivity contribution < 1.29 is 9.84 Å². The van der Waals surface area contributed by atoms with Crippen LogP contribution >= 0.6 is 0 Å². The lowest BCUT2D eigenvalue weighted by atomic mass is 10.1. The van der Waals surface area contributed by atoms with E-state index in [4.69, 9.17) is 4.74 Å². The van der Waals surface area contributed by atoms with E-state index in [9.17, 15) is 5.11 Å². The largest absolute Gasteiger partial charge is 0.504 e. The summed E-state index contributed by atoms with van der Waals surface area (Å²) in [6, 6.07) is 9.44. The van der Waals surface area contributed by atoms with Crippen LogP contribution in [0.15, 0.2) is 30.3 Å². The zero-order chi connectivity index (χ0) is 14.3. The molecule has 20 heavy (non-hydrogen) atoms. The lowest BCUT2D eigenvalue weighted by molar-refractivity contribution is 0.373. The molecule has 0 aliphatic rings. The van der Waals surface area contributed by atoms with Crippen LogP contribution in [0, 0.1) is 13.8 Å². The van der Waals surface area contributed by atoms with Gasteiger partial charge in [0.1, 0.15) is 5.82 Å². The van der Waals surface area contributed by atoms with Crippen LogP contribution in [0.4, 0.5) is 0 Å². The Balaban J connectivity index is 2.15. The van der Waals surface area contributed by atoms with Crippen molar-refractivity contribution in [3.8, 4) is 22.9 Å². The zero-order valence-corrected chi connectivity index (χ0v) is 11.7. The molecule has 0 aliphatic heterocycles. The number of hydrogen-bond donors (Lipinski definition) is 2. The third kappa shape index (κ3) is 1.99. The first kappa shape index (κ1) is 12.5. The van der Waals surface area contributed by atoms with Crippen LogP contribution in [0.25, 0.3) is 22.4 Å². The molecule has 0 amide bonds. The van der Waals surface area contributed by atoms with Crippen molar-refractivity contribution in [1.82, 2.24) is 9.97 Å². The van der Waals surface area contributed by atoms with Crippen molar-refractivity contribution in [3.63, 3.8) is 0 Å². The molecule has 2 aromatic carbocycles. The van der Waals surface area contributed by atoms with Gasteiger partial charge in [-0.15, -0.1) is 0 Å². The van der Waals surface area contributed by atoms with E-state index in [0.29, 0.717) is 5.75 Å². The number of rotatable bonds is 2. The predicted molar refractivity (Wildman–Crippen MR) is 79.2 cm³/mol. The van der Waals surface area contributed by atoms with Crippen LogP contribution in [0.1, 0.15) is 11.1 Å². The van der Waals surface area contributed by atoms with Crippen molar-refractivity contribution in [2.24, 2.45) is 0 Å². The normalized spacial score (nSPS) is 10.9. The number of aromatic nitrogens is 2. The lowest BCUT2D eigenvalue weighted by Crippen LogP contribution is -1.85. The number of ether oxygens (including phenoxy) is 1. The maximum atomic E-state index is 9.86. The first-order chi connectivity index (χ1) is 9.58. The van der Waals surface area contributed by atoms with E-state index < -0.39 is 0 Å². The zero-order valence-electron chi connectivity index (χ0n) is 11.7. The smallest absolute Gasteiger partial charge is 0.160 e. The number of phenolic OH excluding ortho intramolecular Hbond substituents is 1. The first-order valence-corrected chi connectivity index (χ1v) is 6.43. The number of aromatic hydroxyl groups is 1. The van der Waals surface area contributed by atoms with Gasteiger partial charge in [0.25, 0.3) is 0 Å². The minimum Gasteiger partial charge on any atom is -0.504 e. The Labute approximate surface area is 117 Å². The number of fused-ring (bicyclic) bond motifs is 1. The SMILES string of the molecule is COc1ccc(-c2nc3c(C)cc(C)cc3[nH]2)cc1O. The Kier molecular flexibility index (Phi) is 2.86. The number of aromatic amines is 1. The molecule has 1 heterocycles. The summed E-state index contributed by atoms with van der Waals surface area (Å²) in [6.45, 7) is 4.11. The monoisotopic (exact) mass is 268 g/mol. The molecular formula is C16H16N2O2. The minimum absolute atomic E-state index is 0.110. The van der Waals surface area contributed by atoms with Gasteiger partial charge < -0.3 is 14.8 Å². The highest BCUT2D eigenvalue weighted by molar-refractivity contribution is 5.83. The van der Waals surface area contributed by atoms with Gasteiger partial charge in [0.15, 0.2) is 11.5 Å². The number of hydrogen-bond acceptors (Lipinski definition) is 3. The topological polar surface area (TPSA) is 58.1 Å². The van der Waals surface area contributed by atoms with Crippen LogP contribution in [0.3, 0.4) is 0 Å². The van der Waals surface area contributed by atoms with Crippen molar-refractivity contribution in [3.05, 3.63) is 41.5 Å². The van der Waals surface area contributed by atoms with E-state index in [1.165, 1.54) is 12.7 Å². The van der Waals surface area contributed by atoms with Gasteiger partial charge in [-0.25, -0.2) is 4.98 Å². The van der Waals surface area contributed by atoms with E-state index in [-0.39, 0.29) is 5.75 Å². The number of imidazole rings is 1. The maximum absolute atomic E-state index is 9.86. The Morgan fingerprint density at radius 3 is 2.65 bits per heavy atom. The first-order valence-electron chi connectivity index (χ1n) is 6.43. The second-order valence-corrected chi connectivity index (χ2v) is 4.95. The molecule has 4 heteroatoms. The van der Waals surface area contributed by atoms with E-state index in [1.807, 2.05) is 13.0 Å². The fourth-order valence-electron chi connectivity index (χ4n) is 2.44. The molecule has 0 saturated heterocycles. The number of benzene rings is 2. The van der Waals surface area contributed by atoms with Gasteiger partial charge in [0.05, 0.1) is 18.1 Å². The van der Waals surface area contributed by atoms with E-state index in [1.54, 1.807) is 12.1 Å². The van der Waals surface area contributed by atoms with Crippen LogP contribution in [-0.2, 0) is 0 Å². The summed E-state index contributed by atoms with van der Waals surface area (Å²) in [5.41, 5.74) is 5.13. The predicted octanol–water partition coefficient (Wildman–Crippen LogP) is 3.56. The molecular weight excluding hydrogens is 252 g/mol. The van der Waals surface area contributed by atoms with E-state index in [2.05, 4.69) is 29.0 Å². The van der Waals surface area contributed by atoms with Crippen molar-refractivity contribution in [2.75, 3.05) is 7.11 Å². The fraction of sp³-hybridized carbons (Fsp3) is 0.188. The van der Waals surface area contributed by atoms with Crippen LogP contribution in [-0.4, -0.2) is 22.2 Å². The highest BCUT2D eigenvalue weighted by Gasteiger charge is 2.10. The van der Waals surface area contributed by atoms with Crippen molar-refractivity contribution in [2.45, 2.75) is 13.8 Å². The summed E-state index contributed by atoms with van der Waals surface area (Å²) in [5, 5.41) is 9.86. The van der Waals surface area contributed by atoms with Gasteiger partial charge in [-0.05, 0) is 49.2 Å². The molecule has 3 aromatic rings. The molecule has 3 rings (SSSR count). The average molecular weight is 268 g/mol. The van der Waals surface area contributed by atoms with Crippen LogP contribution in [0.5, 0.6) is 11.5 Å². The second kappa shape index (κ2) is 4.56. The van der Waals surface area contributed by atoms with Gasteiger partial charge in [0, 0.05) is 5.56 Å². The Bertz CT molecular complexity index is 791. The third-order valence-electron chi connectivity index (χ3n) is 3.37. The number of nitrogens with zero attached hydrogens (tertiary/aromatic N) is 1. The molecule has 2 N–H and O–H groups in total. The number of methoxy groups -OCH3 is 1. The van der Waals surface area contributed by atoms with Gasteiger partial charge in [0.2, 0.25) is 0 Å². The van der Waals surface area contributed by atoms with Crippen molar-refractivity contribution in [1.29, 1.82) is 0 Å². The summed E-state index contributed by atoms with van der Waals surface area (Å²) < 4.78 is 5.05. The average Bonchev–Trinajstić information content (AvgIpc) is 2.82. The number of aryl methyl sites for hydroxylation is 2. The fourth-order valence-corrected chi connectivity index (χ4v) is 2.44. The van der Waals surface area contributed by atoms with Gasteiger partial charge >= 0.3 is 0 Å². The highest BCUT2D eigenvalue weighted by atomic mass is 16.5. The second-order valence-electron chi connectivity index (χ2n) is 4.95. The van der Waals surface area contributed by atoms with E-state index >= 15 is 0 Å². The van der Waals surface area contributed by atoms with Gasteiger partial charge in [-0.3, -0.25) is 0 Å². The summed E-state index contributed by atoms with van der Waals surface area (Å²) >= 11 is 0. The standard InChI is InChI=1S/C16H16N2O2/c1-9-6-10(2)15-12(7-9)17-16(18-15)11-4-5-14(20-3)13(19)8-11/h4-8,19H,1-3H3,(H,17,18). The quantitative estimate of drug-likeness (QED) is 0.747. The number of phenols is 1. The molecule has 0 saturated carbocycles. The summed E-state index contributed by atoms with van der Waals surface area (Å²) in [4.78, 5) is 7.91. The lowest BCUT2D eigenvalue weighted by Gasteiger charge is -2.04. The molecule has 0 radical (unpaired) electrons. The summed E-state index contributed by atoms with van der Waals surface area (Å²) in [7, 11) is 1.53. The molecule has 0 bridgehead atoms. The molecule has 0 unspecified atom stereocenters. The molecule has 102 valence electrons. The highest BCUT2D eigenvalue weighted by Crippen LogP contribution is 2.31. The Morgan fingerprint density at radius 1 is 1.15 bits per heavy atom. The molecule has 4 nitrogen and oxygen atoms in total. The van der Waals surface area contributed by atoms with Gasteiger partial charge in [-0.2, -0.15) is 0 Å². The number of nitrogens with one attached hydrogen (secondary N) is 1. The summed E-state index contributed by atoms with van der Waals surface area (Å²) in [6.07, 6.45) is 0. The Morgan fingerprint density at radius 2 is 1.95 bits per heavy atom. The van der Waals surface area contributed by atoms with Crippen LogP contribution in [0.2, 0.25) is 0 Å². The third-order valence-corrected chi connectivity index (χ3v) is 3.37. The minimum atomic E-state index is 0.110. The number of H-pyrrole nitrogens is 1. The molecule has 1 aromatic heterocycles. The van der Waals surface area contributed by atoms with Gasteiger partial charge in [-0.1, -0.05) is 6.07 Å². The van der Waals surface area contributed by atoms with E-state index in [0.717, 1.165) is 28.0 Å². The Hall–Kier alpha value is -2.49. The molecule has 0 fully saturated rings.